The maximum absolute atomic E-state index is 12.0. The number of ether oxygens (including phenoxy) is 1. The van der Waals surface area contributed by atoms with Gasteiger partial charge < -0.3 is 10.1 Å². The highest BCUT2D eigenvalue weighted by Gasteiger charge is 2.06. The van der Waals surface area contributed by atoms with Gasteiger partial charge in [0.15, 0.2) is 0 Å². The molecule has 0 aromatic heterocycles. The molecule has 2 aromatic carbocycles. The monoisotopic (exact) mass is 287 g/mol. The second-order valence-corrected chi connectivity index (χ2v) is 4.52. The van der Waals surface area contributed by atoms with Gasteiger partial charge in [-0.15, -0.1) is 0 Å². The van der Waals surface area contributed by atoms with Crippen LogP contribution in [0.5, 0.6) is 5.75 Å². The molecule has 1 amide bonds. The molecule has 0 bridgehead atoms. The van der Waals surface area contributed by atoms with E-state index >= 15 is 0 Å². The number of nitrogens with one attached hydrogen (secondary N) is 1. The minimum Gasteiger partial charge on any atom is -0.490 e. The smallest absolute Gasteiger partial charge is 0.255 e. The number of rotatable bonds is 5. The van der Waals surface area contributed by atoms with E-state index < -0.39 is 0 Å². The number of hydrogen-bond donors (Lipinski definition) is 1. The molecule has 0 unspecified atom stereocenters. The van der Waals surface area contributed by atoms with Crippen LogP contribution < -0.4 is 10.1 Å². The molecule has 20 heavy (non-hydrogen) atoms. The summed E-state index contributed by atoms with van der Waals surface area (Å²) < 4.78 is 5.36. The van der Waals surface area contributed by atoms with Crippen molar-refractivity contribution in [1.82, 2.24) is 0 Å². The van der Waals surface area contributed by atoms with E-state index in [1.54, 1.807) is 54.6 Å². The van der Waals surface area contributed by atoms with E-state index in [1.165, 1.54) is 0 Å². The number of carbonyl (C=O) groups is 1. The first kappa shape index (κ1) is 14.2. The van der Waals surface area contributed by atoms with Crippen molar-refractivity contribution in [2.45, 2.75) is 0 Å². The number of amides is 1. The van der Waals surface area contributed by atoms with Gasteiger partial charge in [-0.1, -0.05) is 24.3 Å². The van der Waals surface area contributed by atoms with Crippen LogP contribution in [0.15, 0.2) is 61.2 Å². The molecule has 0 saturated heterocycles. The lowest BCUT2D eigenvalue weighted by Gasteiger charge is -2.07. The fourth-order valence-electron chi connectivity index (χ4n) is 1.59. The maximum atomic E-state index is 12.0. The summed E-state index contributed by atoms with van der Waals surface area (Å²) >= 11 is 5.79. The highest BCUT2D eigenvalue weighted by Crippen LogP contribution is 2.16. The molecular formula is C16H14ClNO2. The Labute approximate surface area is 122 Å². The molecule has 102 valence electrons. The van der Waals surface area contributed by atoms with Crippen LogP contribution in [0.1, 0.15) is 10.4 Å². The predicted molar refractivity (Wildman–Crippen MR) is 81.5 cm³/mol. The van der Waals surface area contributed by atoms with E-state index in [4.69, 9.17) is 16.3 Å². The quantitative estimate of drug-likeness (QED) is 0.839. The minimum atomic E-state index is -0.178. The summed E-state index contributed by atoms with van der Waals surface area (Å²) in [4.78, 5) is 12.0. The number of halogens is 1. The van der Waals surface area contributed by atoms with Crippen LogP contribution in [0.2, 0.25) is 5.02 Å². The Hall–Kier alpha value is -2.26. The normalized spacial score (nSPS) is 9.85. The standard InChI is InChI=1S/C16H14ClNO2/c1-2-11-20-15-9-3-12(4-10-15)16(19)18-14-7-5-13(17)6-8-14/h2-10H,1,11H2,(H,18,19). The third kappa shape index (κ3) is 3.87. The first-order valence-electron chi connectivity index (χ1n) is 6.10. The van der Waals surface area contributed by atoms with Gasteiger partial charge in [-0.2, -0.15) is 0 Å². The Morgan fingerprint density at radius 2 is 1.80 bits per heavy atom. The lowest BCUT2D eigenvalue weighted by Crippen LogP contribution is -2.11. The summed E-state index contributed by atoms with van der Waals surface area (Å²) in [6.07, 6.45) is 1.67. The van der Waals surface area contributed by atoms with Crippen molar-refractivity contribution in [2.24, 2.45) is 0 Å². The highest BCUT2D eigenvalue weighted by molar-refractivity contribution is 6.30. The van der Waals surface area contributed by atoms with Gasteiger partial charge in [0.05, 0.1) is 0 Å². The maximum Gasteiger partial charge on any atom is 0.255 e. The molecule has 1 N–H and O–H groups in total. The van der Waals surface area contributed by atoms with Crippen LogP contribution in [0.3, 0.4) is 0 Å². The van der Waals surface area contributed by atoms with Gasteiger partial charge in [0.1, 0.15) is 12.4 Å². The van der Waals surface area contributed by atoms with Crippen molar-refractivity contribution < 1.29 is 9.53 Å². The van der Waals surface area contributed by atoms with E-state index in [2.05, 4.69) is 11.9 Å². The van der Waals surface area contributed by atoms with Crippen LogP contribution in [-0.2, 0) is 0 Å². The van der Waals surface area contributed by atoms with Crippen LogP contribution in [0.4, 0.5) is 5.69 Å². The average Bonchev–Trinajstić information content (AvgIpc) is 2.48. The Balaban J connectivity index is 2.01. The fraction of sp³-hybridized carbons (Fsp3) is 0.0625. The van der Waals surface area contributed by atoms with E-state index in [0.717, 1.165) is 0 Å². The summed E-state index contributed by atoms with van der Waals surface area (Å²) in [6, 6.07) is 13.9. The summed E-state index contributed by atoms with van der Waals surface area (Å²) in [5.41, 5.74) is 1.26. The Morgan fingerprint density at radius 3 is 2.40 bits per heavy atom. The van der Waals surface area contributed by atoms with Crippen molar-refractivity contribution in [3.63, 3.8) is 0 Å². The van der Waals surface area contributed by atoms with E-state index in [-0.39, 0.29) is 5.91 Å². The van der Waals surface area contributed by atoms with Crippen molar-refractivity contribution in [3.05, 3.63) is 71.8 Å². The number of benzene rings is 2. The zero-order valence-corrected chi connectivity index (χ0v) is 11.6. The highest BCUT2D eigenvalue weighted by atomic mass is 35.5. The van der Waals surface area contributed by atoms with Crippen LogP contribution in [-0.4, -0.2) is 12.5 Å². The molecule has 0 saturated carbocycles. The molecule has 0 radical (unpaired) electrons. The van der Waals surface area contributed by atoms with Crippen LogP contribution in [0.25, 0.3) is 0 Å². The molecule has 0 aliphatic carbocycles. The van der Waals surface area contributed by atoms with Gasteiger partial charge in [-0.25, -0.2) is 0 Å². The minimum absolute atomic E-state index is 0.178. The zero-order chi connectivity index (χ0) is 14.4. The Morgan fingerprint density at radius 1 is 1.15 bits per heavy atom. The van der Waals surface area contributed by atoms with Crippen LogP contribution in [0, 0.1) is 0 Å². The zero-order valence-electron chi connectivity index (χ0n) is 10.8. The van der Waals surface area contributed by atoms with E-state index in [0.29, 0.717) is 28.6 Å². The second kappa shape index (κ2) is 6.78. The van der Waals surface area contributed by atoms with Gasteiger partial charge in [0.25, 0.3) is 5.91 Å². The van der Waals surface area contributed by atoms with Gasteiger partial charge >= 0.3 is 0 Å². The second-order valence-electron chi connectivity index (χ2n) is 4.09. The van der Waals surface area contributed by atoms with Crippen molar-refractivity contribution >= 4 is 23.2 Å². The fourth-order valence-corrected chi connectivity index (χ4v) is 1.72. The number of anilines is 1. The van der Waals surface area contributed by atoms with Gasteiger partial charge in [-0.05, 0) is 48.5 Å². The van der Waals surface area contributed by atoms with Crippen LogP contribution >= 0.6 is 11.6 Å². The average molecular weight is 288 g/mol. The first-order valence-corrected chi connectivity index (χ1v) is 6.47. The third-order valence-electron chi connectivity index (χ3n) is 2.59. The summed E-state index contributed by atoms with van der Waals surface area (Å²) in [5, 5.41) is 3.42. The van der Waals surface area contributed by atoms with Gasteiger partial charge in [-0.3, -0.25) is 4.79 Å². The van der Waals surface area contributed by atoms with E-state index in [9.17, 15) is 4.79 Å². The third-order valence-corrected chi connectivity index (χ3v) is 2.84. The largest absolute Gasteiger partial charge is 0.490 e. The molecular weight excluding hydrogens is 274 g/mol. The topological polar surface area (TPSA) is 38.3 Å². The molecule has 0 heterocycles. The van der Waals surface area contributed by atoms with Crippen molar-refractivity contribution in [1.29, 1.82) is 0 Å². The van der Waals surface area contributed by atoms with Gasteiger partial charge in [0, 0.05) is 16.3 Å². The number of hydrogen-bond acceptors (Lipinski definition) is 2. The molecule has 2 aromatic rings. The molecule has 2 rings (SSSR count). The molecule has 0 aliphatic heterocycles. The molecule has 0 spiro atoms. The lowest BCUT2D eigenvalue weighted by molar-refractivity contribution is 0.102. The summed E-state index contributed by atoms with van der Waals surface area (Å²) in [7, 11) is 0. The summed E-state index contributed by atoms with van der Waals surface area (Å²) in [6.45, 7) is 4.02. The molecule has 0 fully saturated rings. The van der Waals surface area contributed by atoms with Gasteiger partial charge in [0.2, 0.25) is 0 Å². The molecule has 0 atom stereocenters. The first-order chi connectivity index (χ1) is 9.69. The Bertz CT molecular complexity index is 591. The van der Waals surface area contributed by atoms with Crippen molar-refractivity contribution in [3.8, 4) is 5.75 Å². The number of carbonyl (C=O) groups excluding carboxylic acids is 1. The lowest BCUT2D eigenvalue weighted by atomic mass is 10.2. The Kier molecular flexibility index (Phi) is 4.80. The predicted octanol–water partition coefficient (Wildman–Crippen LogP) is 4.16. The SMILES string of the molecule is C=CCOc1ccc(C(=O)Nc2ccc(Cl)cc2)cc1. The molecule has 3 nitrogen and oxygen atoms in total. The summed E-state index contributed by atoms with van der Waals surface area (Å²) in [5.74, 6) is 0.524. The van der Waals surface area contributed by atoms with E-state index in [1.807, 2.05) is 0 Å². The molecule has 4 heteroatoms. The van der Waals surface area contributed by atoms with Crippen molar-refractivity contribution in [2.75, 3.05) is 11.9 Å². The molecule has 0 aliphatic rings.